The minimum atomic E-state index is -2.98. The van der Waals surface area contributed by atoms with Crippen molar-refractivity contribution < 1.29 is 13.2 Å². The molecule has 3 rings (SSSR count). The van der Waals surface area contributed by atoms with Crippen molar-refractivity contribution in [3.63, 3.8) is 0 Å². The number of halogens is 1. The first-order valence-corrected chi connectivity index (χ1v) is 11.7. The van der Waals surface area contributed by atoms with Gasteiger partial charge in [0.15, 0.2) is 0 Å². The van der Waals surface area contributed by atoms with Gasteiger partial charge in [-0.25, -0.2) is 8.42 Å². The number of carbonyl (C=O) groups is 1. The summed E-state index contributed by atoms with van der Waals surface area (Å²) in [7, 11) is -2.98. The average Bonchev–Trinajstić information content (AvgIpc) is 2.98. The van der Waals surface area contributed by atoms with Gasteiger partial charge in [-0.3, -0.25) is 9.69 Å². The lowest BCUT2D eigenvalue weighted by Crippen LogP contribution is -2.49. The summed E-state index contributed by atoms with van der Waals surface area (Å²) in [5.74, 6) is 0.0572. The van der Waals surface area contributed by atoms with Crippen LogP contribution in [0.2, 0.25) is 5.02 Å². The summed E-state index contributed by atoms with van der Waals surface area (Å²) < 4.78 is 24.8. The quantitative estimate of drug-likeness (QED) is 0.741. The molecule has 1 fully saturated rings. The molecule has 0 unspecified atom stereocenters. The summed E-state index contributed by atoms with van der Waals surface area (Å²) in [5.41, 5.74) is 3.60. The van der Waals surface area contributed by atoms with E-state index < -0.39 is 9.84 Å². The monoisotopic (exact) mass is 423 g/mol. The second-order valence-corrected chi connectivity index (χ2v) is 10.0. The molecule has 1 aromatic carbocycles. The molecule has 2 aromatic rings. The predicted molar refractivity (Wildman–Crippen MR) is 112 cm³/mol. The highest BCUT2D eigenvalue weighted by atomic mass is 35.5. The van der Waals surface area contributed by atoms with Crippen LogP contribution in [0.4, 0.5) is 0 Å². The number of aromatic nitrogens is 1. The number of piperazine rings is 1. The first-order valence-electron chi connectivity index (χ1n) is 9.30. The molecule has 0 atom stereocenters. The van der Waals surface area contributed by atoms with Crippen LogP contribution < -0.4 is 0 Å². The number of rotatable bonds is 5. The average molecular weight is 424 g/mol. The van der Waals surface area contributed by atoms with Crippen LogP contribution in [0.15, 0.2) is 30.3 Å². The van der Waals surface area contributed by atoms with E-state index in [0.717, 1.165) is 17.1 Å². The lowest BCUT2D eigenvalue weighted by atomic mass is 10.1. The van der Waals surface area contributed by atoms with Gasteiger partial charge in [0.05, 0.1) is 16.3 Å². The molecule has 2 heterocycles. The number of hydrogen-bond acceptors (Lipinski definition) is 4. The molecule has 8 heteroatoms. The molecule has 0 spiro atoms. The minimum Gasteiger partial charge on any atom is -0.336 e. The van der Waals surface area contributed by atoms with E-state index in [2.05, 4.69) is 9.47 Å². The van der Waals surface area contributed by atoms with Gasteiger partial charge < -0.3 is 9.47 Å². The highest BCUT2D eigenvalue weighted by molar-refractivity contribution is 7.90. The molecular weight excluding hydrogens is 398 g/mol. The molecule has 0 saturated carbocycles. The fourth-order valence-corrected chi connectivity index (χ4v) is 4.32. The van der Waals surface area contributed by atoms with Gasteiger partial charge in [0.1, 0.15) is 9.84 Å². The summed E-state index contributed by atoms with van der Waals surface area (Å²) >= 11 is 6.35. The Kier molecular flexibility index (Phi) is 6.17. The number of sulfone groups is 1. The number of amides is 1. The lowest BCUT2D eigenvalue weighted by molar-refractivity contribution is 0.0644. The molecule has 1 aliphatic heterocycles. The first kappa shape index (κ1) is 20.9. The van der Waals surface area contributed by atoms with E-state index in [-0.39, 0.29) is 11.7 Å². The van der Waals surface area contributed by atoms with Crippen molar-refractivity contribution in [3.05, 3.63) is 52.3 Å². The normalized spacial score (nSPS) is 15.8. The van der Waals surface area contributed by atoms with E-state index in [1.54, 1.807) is 11.0 Å². The summed E-state index contributed by atoms with van der Waals surface area (Å²) in [6.07, 6.45) is 1.25. The van der Waals surface area contributed by atoms with Gasteiger partial charge in [-0.1, -0.05) is 11.6 Å². The summed E-state index contributed by atoms with van der Waals surface area (Å²) in [5, 5.41) is 0.440. The van der Waals surface area contributed by atoms with Crippen LogP contribution in [0.1, 0.15) is 21.7 Å². The van der Waals surface area contributed by atoms with Crippen LogP contribution in [0.5, 0.6) is 0 Å². The molecule has 0 bridgehead atoms. The van der Waals surface area contributed by atoms with Crippen LogP contribution in [-0.4, -0.2) is 73.4 Å². The maximum absolute atomic E-state index is 13.1. The van der Waals surface area contributed by atoms with Gasteiger partial charge in [-0.2, -0.15) is 0 Å². The second kappa shape index (κ2) is 8.27. The molecule has 0 N–H and O–H groups in total. The third kappa shape index (κ3) is 4.77. The van der Waals surface area contributed by atoms with Gasteiger partial charge in [-0.15, -0.1) is 0 Å². The third-order valence-corrected chi connectivity index (χ3v) is 6.40. The van der Waals surface area contributed by atoms with Gasteiger partial charge in [-0.05, 0) is 44.2 Å². The van der Waals surface area contributed by atoms with Crippen LogP contribution in [0.3, 0.4) is 0 Å². The Morgan fingerprint density at radius 3 is 2.21 bits per heavy atom. The minimum absolute atomic E-state index is 0.0860. The largest absolute Gasteiger partial charge is 0.336 e. The highest BCUT2D eigenvalue weighted by Gasteiger charge is 2.24. The highest BCUT2D eigenvalue weighted by Crippen LogP contribution is 2.24. The maximum atomic E-state index is 13.1. The van der Waals surface area contributed by atoms with Gasteiger partial charge >= 0.3 is 0 Å². The van der Waals surface area contributed by atoms with Gasteiger partial charge in [0.25, 0.3) is 5.91 Å². The van der Waals surface area contributed by atoms with Crippen molar-refractivity contribution in [1.82, 2.24) is 14.4 Å². The van der Waals surface area contributed by atoms with Crippen LogP contribution in [0.25, 0.3) is 5.69 Å². The number of aryl methyl sites for hydroxylation is 2. The Hall–Kier alpha value is -1.83. The van der Waals surface area contributed by atoms with E-state index >= 15 is 0 Å². The van der Waals surface area contributed by atoms with Crippen LogP contribution in [0, 0.1) is 13.8 Å². The second-order valence-electron chi connectivity index (χ2n) is 7.38. The van der Waals surface area contributed by atoms with Crippen molar-refractivity contribution in [1.29, 1.82) is 0 Å². The molecule has 1 saturated heterocycles. The standard InChI is InChI=1S/C20H26ClN3O3S/c1-15-4-5-16(2)24(15)17-6-7-19(21)18(14-17)20(25)23-10-8-22(9-11-23)12-13-28(3,26)27/h4-7,14H,8-13H2,1-3H3. The zero-order valence-corrected chi connectivity index (χ0v) is 18.1. The van der Waals surface area contributed by atoms with E-state index in [0.29, 0.717) is 43.3 Å². The predicted octanol–water partition coefficient (Wildman–Crippen LogP) is 2.55. The van der Waals surface area contributed by atoms with Crippen molar-refractivity contribution in [3.8, 4) is 5.69 Å². The van der Waals surface area contributed by atoms with Crippen molar-refractivity contribution in [2.75, 3.05) is 44.7 Å². The van der Waals surface area contributed by atoms with Crippen LogP contribution in [-0.2, 0) is 9.84 Å². The fourth-order valence-electron chi connectivity index (χ4n) is 3.53. The first-order chi connectivity index (χ1) is 13.2. The lowest BCUT2D eigenvalue weighted by Gasteiger charge is -2.34. The third-order valence-electron chi connectivity index (χ3n) is 5.15. The molecular formula is C20H26ClN3O3S. The van der Waals surface area contributed by atoms with Gasteiger partial charge in [0.2, 0.25) is 0 Å². The van der Waals surface area contributed by atoms with E-state index in [1.165, 1.54) is 6.26 Å². The Balaban J connectivity index is 1.72. The number of benzene rings is 1. The SMILES string of the molecule is Cc1ccc(C)n1-c1ccc(Cl)c(C(=O)N2CCN(CCS(C)(=O)=O)CC2)c1. The Labute approximate surface area is 171 Å². The topological polar surface area (TPSA) is 62.6 Å². The number of carbonyl (C=O) groups excluding carboxylic acids is 1. The van der Waals surface area contributed by atoms with Crippen molar-refractivity contribution >= 4 is 27.3 Å². The molecule has 152 valence electrons. The summed E-state index contributed by atoms with van der Waals surface area (Å²) in [4.78, 5) is 16.9. The molecule has 0 aliphatic carbocycles. The van der Waals surface area contributed by atoms with E-state index in [4.69, 9.17) is 11.6 Å². The van der Waals surface area contributed by atoms with Crippen LogP contribution >= 0.6 is 11.6 Å². The molecule has 0 radical (unpaired) electrons. The molecule has 1 aromatic heterocycles. The molecule has 28 heavy (non-hydrogen) atoms. The maximum Gasteiger partial charge on any atom is 0.255 e. The zero-order valence-electron chi connectivity index (χ0n) is 16.5. The number of hydrogen-bond donors (Lipinski definition) is 0. The smallest absolute Gasteiger partial charge is 0.255 e. The summed E-state index contributed by atoms with van der Waals surface area (Å²) in [6, 6.07) is 9.62. The molecule has 6 nitrogen and oxygen atoms in total. The fraction of sp³-hybridized carbons (Fsp3) is 0.450. The Morgan fingerprint density at radius 2 is 1.64 bits per heavy atom. The zero-order chi connectivity index (χ0) is 20.5. The Bertz CT molecular complexity index is 957. The number of nitrogens with zero attached hydrogens (tertiary/aromatic N) is 3. The summed E-state index contributed by atoms with van der Waals surface area (Å²) in [6.45, 7) is 7.00. The van der Waals surface area contributed by atoms with Gasteiger partial charge in [0, 0.05) is 56.1 Å². The molecule has 1 amide bonds. The van der Waals surface area contributed by atoms with Crippen molar-refractivity contribution in [2.24, 2.45) is 0 Å². The Morgan fingerprint density at radius 1 is 1.04 bits per heavy atom. The van der Waals surface area contributed by atoms with Crippen molar-refractivity contribution in [2.45, 2.75) is 13.8 Å². The van der Waals surface area contributed by atoms with E-state index in [1.807, 2.05) is 38.1 Å². The van der Waals surface area contributed by atoms with E-state index in [9.17, 15) is 13.2 Å². The molecule has 1 aliphatic rings.